The zero-order chi connectivity index (χ0) is 28.7. The highest BCUT2D eigenvalue weighted by Gasteiger charge is 2.19. The lowest BCUT2D eigenvalue weighted by Gasteiger charge is -2.15. The van der Waals surface area contributed by atoms with E-state index in [1.807, 2.05) is 58.9 Å². The molecule has 4 rings (SSSR count). The van der Waals surface area contributed by atoms with Crippen LogP contribution in [0.4, 0.5) is 0 Å². The third-order valence-electron chi connectivity index (χ3n) is 6.28. The number of aryl methyl sites for hydroxylation is 1. The summed E-state index contributed by atoms with van der Waals surface area (Å²) in [6.45, 7) is 18.3. The van der Waals surface area contributed by atoms with Crippen molar-refractivity contribution in [2.24, 2.45) is 5.92 Å². The first-order valence-electron chi connectivity index (χ1n) is 14.0. The van der Waals surface area contributed by atoms with Gasteiger partial charge in [-0.3, -0.25) is 10.0 Å². The lowest BCUT2D eigenvalue weighted by Crippen LogP contribution is -2.22. The summed E-state index contributed by atoms with van der Waals surface area (Å²) in [5, 5.41) is 9.16. The van der Waals surface area contributed by atoms with E-state index in [0.29, 0.717) is 11.3 Å². The zero-order valence-corrected chi connectivity index (χ0v) is 25.0. The Kier molecular flexibility index (Phi) is 14.9. The van der Waals surface area contributed by atoms with E-state index in [-0.39, 0.29) is 0 Å². The molecule has 0 saturated heterocycles. The molecule has 0 unspecified atom stereocenters. The molecule has 1 aromatic heterocycles. The molecule has 1 fully saturated rings. The Bertz CT molecular complexity index is 1140. The van der Waals surface area contributed by atoms with Gasteiger partial charge in [0, 0.05) is 5.56 Å². The topological polar surface area (TPSA) is 62.2 Å². The Morgan fingerprint density at radius 1 is 0.895 bits per heavy atom. The number of hydroxylamine groups is 1. The minimum Gasteiger partial charge on any atom is -0.288 e. The Labute approximate surface area is 231 Å². The lowest BCUT2D eigenvalue weighted by molar-refractivity contribution is 0.0705. The van der Waals surface area contributed by atoms with Crippen molar-refractivity contribution in [2.45, 2.75) is 88.0 Å². The molecule has 2 N–H and O–H groups in total. The number of hydrogen-bond acceptors (Lipinski definition) is 3. The predicted octanol–water partition coefficient (Wildman–Crippen LogP) is 9.74. The van der Waals surface area contributed by atoms with Crippen molar-refractivity contribution in [1.82, 2.24) is 10.5 Å². The van der Waals surface area contributed by atoms with Gasteiger partial charge in [0.25, 0.3) is 5.91 Å². The number of carbonyl (C=O) groups is 1. The quantitative estimate of drug-likeness (QED) is 0.262. The average Bonchev–Trinajstić information content (AvgIpc) is 3.74. The van der Waals surface area contributed by atoms with Crippen LogP contribution in [0.1, 0.15) is 100.0 Å². The number of allylic oxidation sites excluding steroid dienone is 1. The number of pyridine rings is 1. The summed E-state index contributed by atoms with van der Waals surface area (Å²) in [6, 6.07) is 16.5. The average molecular weight is 517 g/mol. The van der Waals surface area contributed by atoms with Crippen LogP contribution in [0.2, 0.25) is 0 Å². The molecular weight excluding hydrogens is 468 g/mol. The monoisotopic (exact) mass is 516 g/mol. The highest BCUT2D eigenvalue weighted by atomic mass is 16.5. The van der Waals surface area contributed by atoms with Crippen molar-refractivity contribution in [3.05, 3.63) is 82.6 Å². The van der Waals surface area contributed by atoms with Crippen LogP contribution in [-0.4, -0.2) is 16.1 Å². The molecule has 2 aromatic carbocycles. The molecule has 1 heterocycles. The van der Waals surface area contributed by atoms with Crippen molar-refractivity contribution in [3.63, 3.8) is 0 Å². The van der Waals surface area contributed by atoms with Crippen LogP contribution in [-0.2, 0) is 0 Å². The van der Waals surface area contributed by atoms with Gasteiger partial charge in [0.2, 0.25) is 0 Å². The van der Waals surface area contributed by atoms with Crippen LogP contribution in [0.3, 0.4) is 0 Å². The van der Waals surface area contributed by atoms with Crippen LogP contribution < -0.4 is 5.48 Å². The molecular formula is C34H48N2O2. The van der Waals surface area contributed by atoms with E-state index in [1.54, 1.807) is 5.48 Å². The van der Waals surface area contributed by atoms with Gasteiger partial charge in [-0.15, -0.1) is 0 Å². The van der Waals surface area contributed by atoms with E-state index in [2.05, 4.69) is 64.1 Å². The number of unbranched alkanes of at least 4 members (excludes halogenated alkanes) is 1. The summed E-state index contributed by atoms with van der Waals surface area (Å²) in [7, 11) is 0. The van der Waals surface area contributed by atoms with Crippen molar-refractivity contribution in [3.8, 4) is 22.4 Å². The molecule has 206 valence electrons. The molecule has 38 heavy (non-hydrogen) atoms. The van der Waals surface area contributed by atoms with Crippen LogP contribution in [0.15, 0.2) is 54.6 Å². The Morgan fingerprint density at radius 3 is 1.74 bits per heavy atom. The first kappa shape index (κ1) is 32.8. The van der Waals surface area contributed by atoms with E-state index in [1.165, 1.54) is 31.2 Å². The number of amides is 1. The highest BCUT2D eigenvalue weighted by molar-refractivity contribution is 5.98. The van der Waals surface area contributed by atoms with Crippen LogP contribution in [0.5, 0.6) is 0 Å². The van der Waals surface area contributed by atoms with Gasteiger partial charge in [0.1, 0.15) is 0 Å². The largest absolute Gasteiger partial charge is 0.288 e. The van der Waals surface area contributed by atoms with E-state index < -0.39 is 5.91 Å². The van der Waals surface area contributed by atoms with Gasteiger partial charge < -0.3 is 0 Å². The number of rotatable bonds is 5. The van der Waals surface area contributed by atoms with Crippen molar-refractivity contribution in [1.29, 1.82) is 0 Å². The Balaban J connectivity index is 0.000000614. The van der Waals surface area contributed by atoms with Crippen molar-refractivity contribution in [2.75, 3.05) is 0 Å². The molecule has 0 spiro atoms. The molecule has 0 atom stereocenters. The molecule has 4 heteroatoms. The number of carbonyl (C=O) groups excluding carboxylic acids is 1. The van der Waals surface area contributed by atoms with Gasteiger partial charge in [-0.2, -0.15) is 0 Å². The number of hydrogen-bond donors (Lipinski definition) is 2. The summed E-state index contributed by atoms with van der Waals surface area (Å²) in [5.74, 6) is 0.556. The fourth-order valence-corrected chi connectivity index (χ4v) is 3.55. The maximum absolute atomic E-state index is 12.2. The van der Waals surface area contributed by atoms with Crippen LogP contribution in [0.25, 0.3) is 28.5 Å². The van der Waals surface area contributed by atoms with Gasteiger partial charge >= 0.3 is 0 Å². The summed E-state index contributed by atoms with van der Waals surface area (Å²) >= 11 is 0. The standard InChI is InChI=1S/C24H24N2O2.C4H8.C4H10.C2H6/c1-5-6-21-16(3)22(24(27)26-28)17(4)23(25-21)20-13-11-19(12-14-20)18-9-7-15(2)8-10-18;1-4-2-3-4;1-3-4-2;1-2/h5-14,28H,1-4H3,(H,26,27);4H,2-3H2,1H3;3-4H2,1-2H3;1-2H3/b6-5-;;;. The van der Waals surface area contributed by atoms with Gasteiger partial charge in [0.15, 0.2) is 0 Å². The minimum atomic E-state index is -0.527. The molecule has 0 bridgehead atoms. The van der Waals surface area contributed by atoms with Gasteiger partial charge in [0.05, 0.1) is 17.0 Å². The highest BCUT2D eigenvalue weighted by Crippen LogP contribution is 2.30. The Morgan fingerprint density at radius 2 is 1.34 bits per heavy atom. The third-order valence-corrected chi connectivity index (χ3v) is 6.28. The first-order valence-corrected chi connectivity index (χ1v) is 14.0. The first-order chi connectivity index (χ1) is 18.3. The maximum atomic E-state index is 12.2. The third kappa shape index (κ3) is 9.90. The molecule has 0 aliphatic heterocycles. The lowest BCUT2D eigenvalue weighted by atomic mass is 9.95. The fraction of sp³-hybridized carbons (Fsp3) is 0.412. The number of nitrogens with zero attached hydrogens (tertiary/aromatic N) is 1. The summed E-state index contributed by atoms with van der Waals surface area (Å²) < 4.78 is 0. The molecule has 0 radical (unpaired) electrons. The number of benzene rings is 2. The second-order valence-electron chi connectivity index (χ2n) is 9.54. The second kappa shape index (κ2) is 17.3. The molecule has 1 aliphatic carbocycles. The molecule has 1 aliphatic rings. The van der Waals surface area contributed by atoms with Gasteiger partial charge in [-0.1, -0.05) is 120 Å². The normalized spacial score (nSPS) is 11.8. The molecule has 1 amide bonds. The van der Waals surface area contributed by atoms with Gasteiger partial charge in [-0.05, 0) is 61.9 Å². The molecule has 1 saturated carbocycles. The molecule has 3 aromatic rings. The minimum absolute atomic E-state index is 0.447. The van der Waals surface area contributed by atoms with E-state index >= 15 is 0 Å². The summed E-state index contributed by atoms with van der Waals surface area (Å²) in [6.07, 6.45) is 9.36. The second-order valence-corrected chi connectivity index (χ2v) is 9.54. The Hall–Kier alpha value is -3.24. The van der Waals surface area contributed by atoms with Crippen LogP contribution in [0, 0.1) is 26.7 Å². The number of aromatic nitrogens is 1. The maximum Gasteiger partial charge on any atom is 0.275 e. The number of nitrogens with one attached hydrogen (secondary N) is 1. The fourth-order valence-electron chi connectivity index (χ4n) is 3.55. The predicted molar refractivity (Wildman–Crippen MR) is 164 cm³/mol. The van der Waals surface area contributed by atoms with E-state index in [4.69, 9.17) is 10.2 Å². The van der Waals surface area contributed by atoms with Gasteiger partial charge in [-0.25, -0.2) is 10.5 Å². The summed E-state index contributed by atoms with van der Waals surface area (Å²) in [4.78, 5) is 17.0. The van der Waals surface area contributed by atoms with E-state index in [0.717, 1.165) is 39.4 Å². The van der Waals surface area contributed by atoms with Crippen molar-refractivity contribution >= 4 is 12.0 Å². The SMILES string of the molecule is C/C=C\c1nc(-c2ccc(-c3ccc(C)cc3)cc2)c(C)c(C(=O)NO)c1C.CC.CC1CC1.CCCC. The summed E-state index contributed by atoms with van der Waals surface area (Å²) in [5.41, 5.74) is 9.54. The van der Waals surface area contributed by atoms with E-state index in [9.17, 15) is 4.79 Å². The van der Waals surface area contributed by atoms with Crippen LogP contribution >= 0.6 is 0 Å². The zero-order valence-electron chi connectivity index (χ0n) is 25.0. The molecule has 4 nitrogen and oxygen atoms in total. The van der Waals surface area contributed by atoms with Crippen molar-refractivity contribution < 1.29 is 10.0 Å². The smallest absolute Gasteiger partial charge is 0.275 e.